The number of likely N-dealkylation sites (N-methyl/N-ethyl adjacent to an activating group) is 1. The zero-order chi connectivity index (χ0) is 28.5. The number of hydrogen-bond donors (Lipinski definition) is 5. The highest BCUT2D eigenvalue weighted by Crippen LogP contribution is 2.53. The summed E-state index contributed by atoms with van der Waals surface area (Å²) in [5.74, 6) is -7.02. The van der Waals surface area contributed by atoms with Crippen LogP contribution < -0.4 is 5.73 Å². The van der Waals surface area contributed by atoms with Crippen LogP contribution >= 0.6 is 0 Å². The number of primary amides is 1. The Kier molecular flexibility index (Phi) is 6.00. The lowest BCUT2D eigenvalue weighted by Gasteiger charge is -2.50. The van der Waals surface area contributed by atoms with Crippen molar-refractivity contribution < 1.29 is 39.6 Å². The predicted molar refractivity (Wildman–Crippen MR) is 140 cm³/mol. The SMILES string of the molecule is CC(=O)c1ccc(-c2ccc(O)c3c2C[C@H]2C[C@H]4[C@H](N(C)C)C(=O)C(C(N)=O)=C(O)[C@@]4(O)C(=O)C2=C3O)cc1. The van der Waals surface area contributed by atoms with Crippen LogP contribution in [0.3, 0.4) is 0 Å². The first-order chi connectivity index (χ1) is 18.3. The molecule has 0 bridgehead atoms. The van der Waals surface area contributed by atoms with Gasteiger partial charge in [-0.1, -0.05) is 30.3 Å². The number of hydrogen-bond acceptors (Lipinski definition) is 9. The molecule has 0 radical (unpaired) electrons. The Morgan fingerprint density at radius 2 is 1.67 bits per heavy atom. The summed E-state index contributed by atoms with van der Waals surface area (Å²) in [5.41, 5.74) is 4.08. The third-order valence-corrected chi connectivity index (χ3v) is 8.21. The lowest BCUT2D eigenvalue weighted by Crippen LogP contribution is -2.65. The smallest absolute Gasteiger partial charge is 0.255 e. The van der Waals surface area contributed by atoms with Crippen molar-refractivity contribution in [2.75, 3.05) is 14.1 Å². The zero-order valence-electron chi connectivity index (χ0n) is 21.6. The molecule has 39 heavy (non-hydrogen) atoms. The lowest BCUT2D eigenvalue weighted by atomic mass is 9.57. The first kappa shape index (κ1) is 26.3. The average Bonchev–Trinajstić information content (AvgIpc) is 2.86. The second kappa shape index (κ2) is 8.89. The summed E-state index contributed by atoms with van der Waals surface area (Å²) >= 11 is 0. The minimum absolute atomic E-state index is 0.00410. The van der Waals surface area contributed by atoms with Gasteiger partial charge in [0.15, 0.2) is 17.2 Å². The minimum atomic E-state index is -2.68. The lowest BCUT2D eigenvalue weighted by molar-refractivity contribution is -0.153. The third kappa shape index (κ3) is 3.63. The van der Waals surface area contributed by atoms with Crippen LogP contribution in [0.15, 0.2) is 53.3 Å². The van der Waals surface area contributed by atoms with Gasteiger partial charge in [0.25, 0.3) is 5.91 Å². The van der Waals surface area contributed by atoms with Crippen molar-refractivity contribution in [2.24, 2.45) is 17.6 Å². The standard InChI is InChI=1S/C29H28N2O8/c1-12(32)13-4-6-14(7-5-13)16-8-9-19(33)21-17(16)10-15-11-18-23(31(2)3)25(35)22(28(30)38)27(37)29(18,39)26(36)20(15)24(21)34/h4-9,15,18,23,33-34,37,39H,10-11H2,1-3H3,(H2,30,38)/t15-,18-,23-,29-/m0/s1. The van der Waals surface area contributed by atoms with E-state index in [2.05, 4.69) is 0 Å². The van der Waals surface area contributed by atoms with Crippen molar-refractivity contribution in [3.05, 3.63) is 70.0 Å². The third-order valence-electron chi connectivity index (χ3n) is 8.21. The van der Waals surface area contributed by atoms with Gasteiger partial charge in [-0.05, 0) is 62.5 Å². The van der Waals surface area contributed by atoms with Gasteiger partial charge in [0.1, 0.15) is 22.8 Å². The number of phenols is 1. The molecular formula is C29H28N2O8. The maximum atomic E-state index is 13.9. The quantitative estimate of drug-likeness (QED) is 0.290. The molecule has 6 N–H and O–H groups in total. The molecule has 10 heteroatoms. The molecule has 0 aromatic heterocycles. The molecule has 0 heterocycles. The monoisotopic (exact) mass is 532 g/mol. The number of nitrogens with zero attached hydrogens (tertiary/aromatic N) is 1. The number of phenolic OH excluding ortho intramolecular Hbond substituents is 1. The van der Waals surface area contributed by atoms with E-state index >= 15 is 0 Å². The topological polar surface area (TPSA) is 178 Å². The van der Waals surface area contributed by atoms with Crippen LogP contribution in [0.1, 0.15) is 34.8 Å². The fourth-order valence-corrected chi connectivity index (χ4v) is 6.40. The maximum absolute atomic E-state index is 13.9. The van der Waals surface area contributed by atoms with E-state index in [1.165, 1.54) is 17.9 Å². The fourth-order valence-electron chi connectivity index (χ4n) is 6.40. The van der Waals surface area contributed by atoms with E-state index in [-0.39, 0.29) is 35.5 Å². The Morgan fingerprint density at radius 1 is 1.03 bits per heavy atom. The van der Waals surface area contributed by atoms with Crippen molar-refractivity contribution in [3.63, 3.8) is 0 Å². The van der Waals surface area contributed by atoms with Crippen LogP contribution in [-0.2, 0) is 20.8 Å². The van der Waals surface area contributed by atoms with Crippen molar-refractivity contribution in [1.29, 1.82) is 0 Å². The summed E-state index contributed by atoms with van der Waals surface area (Å²) in [5, 5.41) is 44.7. The van der Waals surface area contributed by atoms with Gasteiger partial charge >= 0.3 is 0 Å². The summed E-state index contributed by atoms with van der Waals surface area (Å²) in [7, 11) is 3.10. The number of aromatic hydroxyl groups is 1. The highest BCUT2D eigenvalue weighted by Gasteiger charge is 2.64. The molecule has 10 nitrogen and oxygen atoms in total. The number of carbonyl (C=O) groups is 4. The number of aliphatic hydroxyl groups excluding tert-OH is 2. The molecule has 2 aromatic rings. The van der Waals surface area contributed by atoms with E-state index < -0.39 is 58.0 Å². The summed E-state index contributed by atoms with van der Waals surface area (Å²) in [6.07, 6.45) is 0.177. The van der Waals surface area contributed by atoms with E-state index in [1.807, 2.05) is 0 Å². The summed E-state index contributed by atoms with van der Waals surface area (Å²) < 4.78 is 0. The van der Waals surface area contributed by atoms with E-state index in [4.69, 9.17) is 5.73 Å². The number of fused-ring (bicyclic) bond motifs is 3. The molecule has 0 saturated heterocycles. The number of benzene rings is 2. The molecule has 0 spiro atoms. The average molecular weight is 533 g/mol. The molecule has 1 fully saturated rings. The second-order valence-electron chi connectivity index (χ2n) is 10.6. The number of aliphatic hydroxyl groups is 3. The Bertz CT molecular complexity index is 1540. The molecule has 5 rings (SSSR count). The van der Waals surface area contributed by atoms with Gasteiger partial charge in [-0.3, -0.25) is 24.1 Å². The van der Waals surface area contributed by atoms with Crippen LogP contribution in [0.4, 0.5) is 0 Å². The van der Waals surface area contributed by atoms with Gasteiger partial charge in [-0.2, -0.15) is 0 Å². The highest BCUT2D eigenvalue weighted by atomic mass is 16.3. The predicted octanol–water partition coefficient (Wildman–Crippen LogP) is 1.83. The normalized spacial score (nSPS) is 26.3. The Balaban J connectivity index is 1.71. The molecule has 4 atom stereocenters. The first-order valence-corrected chi connectivity index (χ1v) is 12.4. The van der Waals surface area contributed by atoms with Gasteiger partial charge in [-0.25, -0.2) is 0 Å². The molecule has 1 saturated carbocycles. The summed E-state index contributed by atoms with van der Waals surface area (Å²) in [6, 6.07) is 8.75. The molecule has 202 valence electrons. The van der Waals surface area contributed by atoms with Gasteiger partial charge in [0.05, 0.1) is 11.6 Å². The minimum Gasteiger partial charge on any atom is -0.508 e. The number of ketones is 3. The van der Waals surface area contributed by atoms with Crippen molar-refractivity contribution in [2.45, 2.75) is 31.4 Å². The van der Waals surface area contributed by atoms with Gasteiger partial charge in [-0.15, -0.1) is 0 Å². The maximum Gasteiger partial charge on any atom is 0.255 e. The number of amides is 1. The molecule has 3 aliphatic rings. The number of rotatable bonds is 4. The van der Waals surface area contributed by atoms with E-state index in [9.17, 15) is 39.6 Å². The van der Waals surface area contributed by atoms with E-state index in [0.29, 0.717) is 16.7 Å². The Labute approximate surface area is 223 Å². The fraction of sp³-hybridized carbons (Fsp3) is 0.310. The van der Waals surface area contributed by atoms with Crippen LogP contribution in [0.2, 0.25) is 0 Å². The van der Waals surface area contributed by atoms with Gasteiger partial charge in [0.2, 0.25) is 5.78 Å². The van der Waals surface area contributed by atoms with Gasteiger partial charge < -0.3 is 26.2 Å². The second-order valence-corrected chi connectivity index (χ2v) is 10.6. The van der Waals surface area contributed by atoms with Crippen LogP contribution in [0.5, 0.6) is 5.75 Å². The van der Waals surface area contributed by atoms with Crippen molar-refractivity contribution in [3.8, 4) is 16.9 Å². The molecule has 0 aliphatic heterocycles. The number of carbonyl (C=O) groups excluding carboxylic acids is 4. The van der Waals surface area contributed by atoms with Crippen LogP contribution in [-0.4, -0.2) is 74.3 Å². The van der Waals surface area contributed by atoms with Crippen LogP contribution in [0, 0.1) is 11.8 Å². The highest BCUT2D eigenvalue weighted by molar-refractivity contribution is 6.24. The van der Waals surface area contributed by atoms with Crippen molar-refractivity contribution in [1.82, 2.24) is 4.90 Å². The van der Waals surface area contributed by atoms with Crippen molar-refractivity contribution >= 4 is 29.0 Å². The largest absolute Gasteiger partial charge is 0.508 e. The molecule has 3 aliphatic carbocycles. The van der Waals surface area contributed by atoms with Crippen LogP contribution in [0.25, 0.3) is 16.9 Å². The molecule has 0 unspecified atom stereocenters. The van der Waals surface area contributed by atoms with Gasteiger partial charge in [0, 0.05) is 17.1 Å². The molecule has 2 aromatic carbocycles. The first-order valence-electron chi connectivity index (χ1n) is 12.4. The number of Topliss-reactive ketones (excluding diaryl/α,β-unsaturated/α-hetero) is 3. The molecular weight excluding hydrogens is 504 g/mol. The summed E-state index contributed by atoms with van der Waals surface area (Å²) in [4.78, 5) is 52.4. The Hall–Kier alpha value is -4.28. The van der Waals surface area contributed by atoms with E-state index in [1.54, 1.807) is 44.4 Å². The number of nitrogens with two attached hydrogens (primary N) is 1. The zero-order valence-corrected chi connectivity index (χ0v) is 21.6. The summed E-state index contributed by atoms with van der Waals surface area (Å²) in [6.45, 7) is 1.46. The molecule has 1 amide bonds. The Morgan fingerprint density at radius 3 is 2.23 bits per heavy atom. The van der Waals surface area contributed by atoms with E-state index in [0.717, 1.165) is 5.56 Å².